The second kappa shape index (κ2) is 9.94. The number of rotatable bonds is 2. The highest BCUT2D eigenvalue weighted by molar-refractivity contribution is 8.00. The third-order valence-corrected chi connectivity index (χ3v) is 5.85. The van der Waals surface area contributed by atoms with Gasteiger partial charge in [-0.2, -0.15) is 0 Å². The minimum absolute atomic E-state index is 0.231. The van der Waals surface area contributed by atoms with Gasteiger partial charge in [0.2, 0.25) is 0 Å². The Balaban J connectivity index is 0.000000300. The summed E-state index contributed by atoms with van der Waals surface area (Å²) in [5, 5.41) is 0. The number of benzene rings is 2. The van der Waals surface area contributed by atoms with Crippen molar-refractivity contribution in [3.05, 3.63) is 65.2 Å². The molecule has 2 aromatic rings. The van der Waals surface area contributed by atoms with Crippen molar-refractivity contribution in [3.8, 4) is 0 Å². The molecule has 1 heteroatoms. The van der Waals surface area contributed by atoms with Crippen molar-refractivity contribution in [2.75, 3.05) is 0 Å². The zero-order valence-corrected chi connectivity index (χ0v) is 22.6. The van der Waals surface area contributed by atoms with Crippen molar-refractivity contribution in [3.63, 3.8) is 0 Å². The van der Waals surface area contributed by atoms with Crippen LogP contribution in [0.2, 0.25) is 0 Å². The molecule has 0 aliphatic carbocycles. The summed E-state index contributed by atoms with van der Waals surface area (Å²) >= 11 is 1.95. The lowest BCUT2D eigenvalue weighted by Crippen LogP contribution is -2.18. The molecular weight excluding hydrogens is 380 g/mol. The Morgan fingerprint density at radius 1 is 0.567 bits per heavy atom. The molecule has 0 spiro atoms. The van der Waals surface area contributed by atoms with Crippen molar-refractivity contribution < 1.29 is 0 Å². The van der Waals surface area contributed by atoms with Crippen LogP contribution in [0.5, 0.6) is 0 Å². The Bertz CT molecular complexity index is 717. The van der Waals surface area contributed by atoms with Crippen molar-refractivity contribution in [2.45, 2.75) is 110 Å². The van der Waals surface area contributed by atoms with Crippen LogP contribution in [0.15, 0.2) is 53.4 Å². The first-order chi connectivity index (χ1) is 13.4. The molecule has 0 saturated carbocycles. The zero-order chi connectivity index (χ0) is 23.4. The van der Waals surface area contributed by atoms with E-state index in [9.17, 15) is 0 Å². The van der Waals surface area contributed by atoms with Crippen molar-refractivity contribution in [1.29, 1.82) is 0 Å². The SMILES string of the molecule is CC(C)(C)Cc1ccccc1C(C)(C)C.CC(C)(C)Sc1ccccc1C(C)(C)C. The molecule has 0 radical (unpaired) electrons. The largest absolute Gasteiger partial charge is 0.120 e. The molecule has 30 heavy (non-hydrogen) atoms. The summed E-state index contributed by atoms with van der Waals surface area (Å²) in [5.41, 5.74) is 5.28. The van der Waals surface area contributed by atoms with Gasteiger partial charge in [-0.1, -0.05) is 126 Å². The van der Waals surface area contributed by atoms with E-state index in [4.69, 9.17) is 0 Å². The van der Waals surface area contributed by atoms with Gasteiger partial charge in [-0.05, 0) is 45.4 Å². The van der Waals surface area contributed by atoms with Crippen LogP contribution in [0.1, 0.15) is 99.8 Å². The van der Waals surface area contributed by atoms with Gasteiger partial charge in [0.1, 0.15) is 0 Å². The van der Waals surface area contributed by atoms with Crippen LogP contribution < -0.4 is 0 Å². The highest BCUT2D eigenvalue weighted by Gasteiger charge is 2.22. The Morgan fingerprint density at radius 3 is 1.43 bits per heavy atom. The smallest absolute Gasteiger partial charge is 0.0122 e. The molecule has 0 nitrogen and oxygen atoms in total. The molecule has 0 aromatic heterocycles. The topological polar surface area (TPSA) is 0 Å². The van der Waals surface area contributed by atoms with Crippen LogP contribution in [0, 0.1) is 5.41 Å². The Morgan fingerprint density at radius 2 is 1.00 bits per heavy atom. The minimum Gasteiger partial charge on any atom is -0.120 e. The van der Waals surface area contributed by atoms with Crippen LogP contribution in [0.3, 0.4) is 0 Å². The van der Waals surface area contributed by atoms with Crippen molar-refractivity contribution >= 4 is 11.8 Å². The van der Waals surface area contributed by atoms with E-state index in [-0.39, 0.29) is 15.6 Å². The molecule has 0 heterocycles. The van der Waals surface area contributed by atoms with E-state index in [2.05, 4.69) is 132 Å². The average molecular weight is 427 g/mol. The fraction of sp³-hybridized carbons (Fsp3) is 0.586. The van der Waals surface area contributed by atoms with E-state index in [1.165, 1.54) is 21.6 Å². The molecule has 0 aliphatic heterocycles. The van der Waals surface area contributed by atoms with Gasteiger partial charge in [0.05, 0.1) is 0 Å². The molecule has 0 bridgehead atoms. The van der Waals surface area contributed by atoms with Gasteiger partial charge in [0.15, 0.2) is 0 Å². The van der Waals surface area contributed by atoms with E-state index in [0.717, 1.165) is 6.42 Å². The minimum atomic E-state index is 0.231. The number of hydrogen-bond acceptors (Lipinski definition) is 1. The fourth-order valence-corrected chi connectivity index (χ4v) is 4.77. The van der Waals surface area contributed by atoms with Crippen LogP contribution in [0.25, 0.3) is 0 Å². The fourth-order valence-electron chi connectivity index (χ4n) is 3.48. The van der Waals surface area contributed by atoms with Gasteiger partial charge in [0.25, 0.3) is 0 Å². The molecule has 0 aliphatic rings. The highest BCUT2D eigenvalue weighted by Crippen LogP contribution is 2.38. The quantitative estimate of drug-likeness (QED) is 0.431. The molecule has 0 unspecified atom stereocenters. The second-order valence-corrected chi connectivity index (χ2v) is 14.5. The van der Waals surface area contributed by atoms with E-state index >= 15 is 0 Å². The monoisotopic (exact) mass is 426 g/mol. The van der Waals surface area contributed by atoms with E-state index in [1.807, 2.05) is 11.8 Å². The summed E-state index contributed by atoms with van der Waals surface area (Å²) in [6.07, 6.45) is 1.15. The van der Waals surface area contributed by atoms with Gasteiger partial charge in [-0.25, -0.2) is 0 Å². The van der Waals surface area contributed by atoms with Crippen LogP contribution >= 0.6 is 11.8 Å². The lowest BCUT2D eigenvalue weighted by atomic mass is 9.78. The first-order valence-electron chi connectivity index (χ1n) is 11.3. The normalized spacial score (nSPS) is 12.9. The molecular formula is C29H46S. The molecule has 0 amide bonds. The summed E-state index contributed by atoms with van der Waals surface area (Å²) in [6, 6.07) is 17.6. The first kappa shape index (κ1) is 26.8. The van der Waals surface area contributed by atoms with Crippen molar-refractivity contribution in [2.24, 2.45) is 5.41 Å². The maximum Gasteiger partial charge on any atom is 0.0122 e. The van der Waals surface area contributed by atoms with Gasteiger partial charge in [-0.15, -0.1) is 11.8 Å². The lowest BCUT2D eigenvalue weighted by molar-refractivity contribution is 0.406. The second-order valence-electron chi connectivity index (χ2n) is 12.6. The summed E-state index contributed by atoms with van der Waals surface area (Å²) in [5.74, 6) is 0. The Hall–Kier alpha value is -1.21. The summed E-state index contributed by atoms with van der Waals surface area (Å²) in [7, 11) is 0. The van der Waals surface area contributed by atoms with Crippen LogP contribution in [-0.2, 0) is 17.3 Å². The molecule has 0 atom stereocenters. The maximum absolute atomic E-state index is 2.30. The maximum atomic E-state index is 2.30. The molecule has 168 valence electrons. The van der Waals surface area contributed by atoms with E-state index < -0.39 is 0 Å². The third-order valence-electron chi connectivity index (χ3n) is 4.66. The summed E-state index contributed by atoms with van der Waals surface area (Å²) in [4.78, 5) is 1.41. The van der Waals surface area contributed by atoms with Crippen LogP contribution in [-0.4, -0.2) is 4.75 Å². The Labute approximate surface area is 192 Å². The predicted octanol–water partition coefficient (Wildman–Crippen LogP) is 9.45. The standard InChI is InChI=1S/C15H24.C14H22S/c1-14(2,3)11-12-9-7-8-10-13(12)15(4,5)6;1-13(2,3)11-9-7-8-10-12(11)15-14(4,5)6/h7-10H,11H2,1-6H3;7-10H,1-6H3. The van der Waals surface area contributed by atoms with Gasteiger partial charge < -0.3 is 0 Å². The predicted molar refractivity (Wildman–Crippen MR) is 139 cm³/mol. The Kier molecular flexibility index (Phi) is 8.89. The third kappa shape index (κ3) is 9.73. The van der Waals surface area contributed by atoms with Gasteiger partial charge in [0, 0.05) is 9.64 Å². The average Bonchev–Trinajstić information content (AvgIpc) is 2.51. The lowest BCUT2D eigenvalue weighted by Gasteiger charge is -2.26. The molecule has 2 rings (SSSR count). The molecule has 2 aromatic carbocycles. The molecule has 0 saturated heterocycles. The van der Waals surface area contributed by atoms with E-state index in [1.54, 1.807) is 0 Å². The molecule has 0 N–H and O–H groups in total. The van der Waals surface area contributed by atoms with Crippen molar-refractivity contribution in [1.82, 2.24) is 0 Å². The zero-order valence-electron chi connectivity index (χ0n) is 21.7. The van der Waals surface area contributed by atoms with E-state index in [0.29, 0.717) is 5.41 Å². The van der Waals surface area contributed by atoms with Crippen LogP contribution in [0.4, 0.5) is 0 Å². The van der Waals surface area contributed by atoms with Gasteiger partial charge >= 0.3 is 0 Å². The molecule has 0 fully saturated rings. The number of hydrogen-bond donors (Lipinski definition) is 0. The van der Waals surface area contributed by atoms with Gasteiger partial charge in [-0.3, -0.25) is 0 Å². The first-order valence-corrected chi connectivity index (χ1v) is 12.1. The summed E-state index contributed by atoms with van der Waals surface area (Å²) < 4.78 is 0.279. The highest BCUT2D eigenvalue weighted by atomic mass is 32.2. The number of thioether (sulfide) groups is 1. The summed E-state index contributed by atoms with van der Waals surface area (Å²) in [6.45, 7) is 27.4.